The van der Waals surface area contributed by atoms with E-state index >= 15 is 0 Å². The van der Waals surface area contributed by atoms with Gasteiger partial charge in [-0.05, 0) is 86.2 Å². The Kier molecular flexibility index (Phi) is 16.9. The maximum atomic E-state index is 14.2. The normalized spacial score (nSPS) is 15.2. The third-order valence-electron chi connectivity index (χ3n) is 11.6. The summed E-state index contributed by atoms with van der Waals surface area (Å²) in [4.78, 5) is 47.4. The first-order chi connectivity index (χ1) is 25.2. The minimum Gasteiger partial charge on any atom is -0.394 e. The molecule has 0 fully saturated rings. The lowest BCUT2D eigenvalue weighted by Gasteiger charge is -2.42. The summed E-state index contributed by atoms with van der Waals surface area (Å²) in [6.45, 7) is 30.1. The van der Waals surface area contributed by atoms with Crippen molar-refractivity contribution in [2.45, 2.75) is 129 Å². The van der Waals surface area contributed by atoms with Gasteiger partial charge in [0.1, 0.15) is 5.00 Å². The second kappa shape index (κ2) is 19.3. The van der Waals surface area contributed by atoms with E-state index in [9.17, 15) is 14.4 Å². The van der Waals surface area contributed by atoms with Gasteiger partial charge in [0.05, 0.1) is 22.9 Å². The lowest BCUT2D eigenvalue weighted by molar-refractivity contribution is -0.146. The first-order valence-corrected chi connectivity index (χ1v) is 21.0. The number of nitrogens with zero attached hydrogens (tertiary/aromatic N) is 2. The van der Waals surface area contributed by atoms with Gasteiger partial charge in [0, 0.05) is 25.0 Å². The maximum absolute atomic E-state index is 14.2. The molecule has 0 atom stereocenters. The molecule has 9 heteroatoms. The van der Waals surface area contributed by atoms with E-state index in [4.69, 9.17) is 0 Å². The van der Waals surface area contributed by atoms with E-state index in [2.05, 4.69) is 120 Å². The van der Waals surface area contributed by atoms with E-state index in [0.29, 0.717) is 36.6 Å². The van der Waals surface area contributed by atoms with Crippen LogP contribution in [0.5, 0.6) is 0 Å². The van der Waals surface area contributed by atoms with Gasteiger partial charge >= 0.3 is 0 Å². The summed E-state index contributed by atoms with van der Waals surface area (Å²) >= 11 is 1.43. The number of nitrogens with one attached hydrogen (secondary N) is 3. The van der Waals surface area contributed by atoms with Gasteiger partial charge in [0.15, 0.2) is 0 Å². The second-order valence-electron chi connectivity index (χ2n) is 19.8. The maximum Gasteiger partial charge on any atom is 0.254 e. The van der Waals surface area contributed by atoms with Crippen LogP contribution in [0.3, 0.4) is 0 Å². The van der Waals surface area contributed by atoms with Crippen LogP contribution < -0.4 is 16.0 Å². The predicted octanol–water partition coefficient (Wildman–Crippen LogP) is 10.0. The Morgan fingerprint density at radius 3 is 1.93 bits per heavy atom. The molecule has 1 aliphatic rings. The van der Waals surface area contributed by atoms with Gasteiger partial charge in [0.2, 0.25) is 11.8 Å². The van der Waals surface area contributed by atoms with Crippen LogP contribution >= 0.6 is 11.3 Å². The monoisotopic (exact) mass is 780 g/mol. The third-order valence-corrected chi connectivity index (χ3v) is 12.8. The minimum atomic E-state index is -0.795. The van der Waals surface area contributed by atoms with Gasteiger partial charge < -0.3 is 25.8 Å². The molecule has 1 aliphatic heterocycles. The summed E-state index contributed by atoms with van der Waals surface area (Å²) in [5.74, 6) is -0.241. The third kappa shape index (κ3) is 13.5. The number of amides is 3. The lowest BCUT2D eigenvalue weighted by atomic mass is 9.66. The van der Waals surface area contributed by atoms with Gasteiger partial charge in [-0.1, -0.05) is 133 Å². The molecule has 2 heterocycles. The highest BCUT2D eigenvalue weighted by Gasteiger charge is 2.45. The molecule has 1 aromatic heterocycles. The molecule has 0 saturated heterocycles. The standard InChI is InChI=1S/C46H77N5O3S/c1-41(2,3)33-42(4,5)25-19-17-20-26-43(6,7)45(10,11)39(53)49-38-36(37(52)48-29-23-30-50(15)16)34-24-31-51(32-35(34)55-38)40(54)46(12,13)44(8,9)27-21-18-22-28-47-14/h19-22,25-28,47H,17-18,23-24,29-33H2,1-16H3,(H,48,52)(H,49,53)/b25-19-,26-20-,27-21-,28-22-. The molecule has 3 amide bonds. The summed E-state index contributed by atoms with van der Waals surface area (Å²) in [7, 11) is 5.91. The molecule has 0 aliphatic carbocycles. The van der Waals surface area contributed by atoms with Gasteiger partial charge in [-0.2, -0.15) is 0 Å². The molecule has 3 N–H and O–H groups in total. The molecular weight excluding hydrogens is 703 g/mol. The molecule has 0 unspecified atom stereocenters. The zero-order valence-electron chi connectivity index (χ0n) is 37.5. The number of thiophene rings is 1. The average molecular weight is 780 g/mol. The fraction of sp³-hybridized carbons (Fsp3) is 0.674. The van der Waals surface area contributed by atoms with Crippen molar-refractivity contribution in [3.05, 3.63) is 64.7 Å². The number of hydrogen-bond donors (Lipinski definition) is 3. The number of allylic oxidation sites excluding steroid dienone is 7. The molecule has 8 nitrogen and oxygen atoms in total. The number of hydrogen-bond acceptors (Lipinski definition) is 6. The van der Waals surface area contributed by atoms with Crippen LogP contribution in [-0.2, 0) is 22.6 Å². The van der Waals surface area contributed by atoms with Crippen LogP contribution in [0.4, 0.5) is 5.00 Å². The topological polar surface area (TPSA) is 93.8 Å². The van der Waals surface area contributed by atoms with E-state index in [1.807, 2.05) is 66.0 Å². The lowest BCUT2D eigenvalue weighted by Crippen LogP contribution is -2.49. The van der Waals surface area contributed by atoms with Crippen LogP contribution in [-0.4, -0.2) is 68.3 Å². The molecule has 0 spiro atoms. The minimum absolute atomic E-state index is 0.0783. The van der Waals surface area contributed by atoms with Gasteiger partial charge in [-0.3, -0.25) is 14.4 Å². The second-order valence-corrected chi connectivity index (χ2v) is 20.9. The highest BCUT2D eigenvalue weighted by atomic mass is 32.1. The quantitative estimate of drug-likeness (QED) is 0.0961. The van der Waals surface area contributed by atoms with Crippen molar-refractivity contribution in [1.29, 1.82) is 0 Å². The van der Waals surface area contributed by atoms with Crippen molar-refractivity contribution in [2.24, 2.45) is 32.5 Å². The number of carbonyl (C=O) groups is 3. The Hall–Kier alpha value is -3.17. The molecule has 0 bridgehead atoms. The fourth-order valence-corrected chi connectivity index (χ4v) is 8.37. The van der Waals surface area contributed by atoms with E-state index in [1.54, 1.807) is 0 Å². The Morgan fingerprint density at radius 2 is 1.36 bits per heavy atom. The zero-order chi connectivity index (χ0) is 42.0. The van der Waals surface area contributed by atoms with Crippen molar-refractivity contribution in [2.75, 3.05) is 46.1 Å². The van der Waals surface area contributed by atoms with Crippen LogP contribution in [0.15, 0.2) is 48.7 Å². The number of carbonyl (C=O) groups excluding carboxylic acids is 3. The number of fused-ring (bicyclic) bond motifs is 1. The molecular formula is C46H77N5O3S. The summed E-state index contributed by atoms with van der Waals surface area (Å²) in [6, 6.07) is 0. The first-order valence-electron chi connectivity index (χ1n) is 20.2. The summed E-state index contributed by atoms with van der Waals surface area (Å²) in [5.41, 5.74) is -0.505. The highest BCUT2D eigenvalue weighted by Crippen LogP contribution is 2.45. The SMILES string of the molecule is CN/C=C\C/C=C\C(C)(C)C(C)(C)C(=O)N1CCc2c(sc(NC(=O)C(C)(C)C(C)(C)/C=C\C/C=C\C(C)(C)CC(C)(C)C)c2C(=O)NCCCN(C)C)C1. The van der Waals surface area contributed by atoms with E-state index in [0.717, 1.165) is 42.7 Å². The van der Waals surface area contributed by atoms with Crippen molar-refractivity contribution < 1.29 is 14.4 Å². The van der Waals surface area contributed by atoms with E-state index in [-0.39, 0.29) is 28.6 Å². The first kappa shape index (κ1) is 48.0. The molecule has 0 aromatic carbocycles. The van der Waals surface area contributed by atoms with E-state index in [1.165, 1.54) is 11.3 Å². The smallest absolute Gasteiger partial charge is 0.254 e. The van der Waals surface area contributed by atoms with Gasteiger partial charge in [0.25, 0.3) is 5.91 Å². The predicted molar refractivity (Wildman–Crippen MR) is 235 cm³/mol. The molecule has 2 rings (SSSR count). The van der Waals surface area contributed by atoms with Crippen LogP contribution in [0, 0.1) is 32.5 Å². The Bertz CT molecular complexity index is 1580. The summed E-state index contributed by atoms with van der Waals surface area (Å²) in [5, 5.41) is 9.91. The summed E-state index contributed by atoms with van der Waals surface area (Å²) < 4.78 is 0. The number of anilines is 1. The van der Waals surface area contributed by atoms with Crippen LogP contribution in [0.1, 0.15) is 136 Å². The van der Waals surface area contributed by atoms with Crippen molar-refractivity contribution in [3.63, 3.8) is 0 Å². The largest absolute Gasteiger partial charge is 0.394 e. The molecule has 1 aromatic rings. The molecule has 55 heavy (non-hydrogen) atoms. The Labute approximate surface area is 339 Å². The molecule has 0 saturated carbocycles. The van der Waals surface area contributed by atoms with Gasteiger partial charge in [-0.25, -0.2) is 0 Å². The molecule has 0 radical (unpaired) electrons. The van der Waals surface area contributed by atoms with Crippen LogP contribution in [0.25, 0.3) is 0 Å². The van der Waals surface area contributed by atoms with Crippen molar-refractivity contribution >= 4 is 34.1 Å². The van der Waals surface area contributed by atoms with Gasteiger partial charge in [-0.15, -0.1) is 11.3 Å². The molecule has 310 valence electrons. The van der Waals surface area contributed by atoms with E-state index < -0.39 is 21.7 Å². The Morgan fingerprint density at radius 1 is 0.800 bits per heavy atom. The highest BCUT2D eigenvalue weighted by molar-refractivity contribution is 7.17. The van der Waals surface area contributed by atoms with Crippen molar-refractivity contribution in [1.82, 2.24) is 20.4 Å². The van der Waals surface area contributed by atoms with Crippen LogP contribution in [0.2, 0.25) is 0 Å². The number of rotatable bonds is 19. The fourth-order valence-electron chi connectivity index (χ4n) is 7.11. The zero-order valence-corrected chi connectivity index (χ0v) is 38.3. The van der Waals surface area contributed by atoms with Crippen molar-refractivity contribution in [3.8, 4) is 0 Å². The average Bonchev–Trinajstić information content (AvgIpc) is 3.41. The summed E-state index contributed by atoms with van der Waals surface area (Å²) in [6.07, 6.45) is 21.1. The Balaban J connectivity index is 2.37.